The van der Waals surface area contributed by atoms with Gasteiger partial charge in [0.1, 0.15) is 0 Å². The van der Waals surface area contributed by atoms with Gasteiger partial charge in [-0.2, -0.15) is 5.10 Å². The molecule has 0 radical (unpaired) electrons. The molecule has 2 saturated heterocycles. The average Bonchev–Trinajstić information content (AvgIpc) is 3.35. The predicted molar refractivity (Wildman–Crippen MR) is 130 cm³/mol. The fraction of sp³-hybridized carbons (Fsp3) is 0.538. The zero-order chi connectivity index (χ0) is 23.4. The Morgan fingerprint density at radius 1 is 1.06 bits per heavy atom. The van der Waals surface area contributed by atoms with E-state index in [2.05, 4.69) is 39.5 Å². The Kier molecular flexibility index (Phi) is 6.96. The first-order valence-electron chi connectivity index (χ1n) is 12.1. The third kappa shape index (κ3) is 5.34. The zero-order valence-electron chi connectivity index (χ0n) is 20.0. The number of hydrogen-bond acceptors (Lipinski definition) is 5. The number of anilines is 2. The van der Waals surface area contributed by atoms with Gasteiger partial charge in [0.25, 0.3) is 0 Å². The summed E-state index contributed by atoms with van der Waals surface area (Å²) in [6, 6.07) is 12.0. The molecule has 4 rings (SSSR count). The molecule has 2 aliphatic heterocycles. The molecule has 2 fully saturated rings. The largest absolute Gasteiger partial charge is 0.354 e. The normalized spacial score (nSPS) is 19.5. The third-order valence-corrected chi connectivity index (χ3v) is 7.34. The van der Waals surface area contributed by atoms with Crippen molar-refractivity contribution in [2.45, 2.75) is 52.4 Å². The molecule has 1 aromatic carbocycles. The number of amides is 2. The van der Waals surface area contributed by atoms with Crippen molar-refractivity contribution in [2.24, 2.45) is 11.3 Å². The molecular formula is C26H35N5O2. The maximum Gasteiger partial charge on any atom is 0.229 e. The Labute approximate surface area is 196 Å². The first-order chi connectivity index (χ1) is 15.9. The summed E-state index contributed by atoms with van der Waals surface area (Å²) in [6.45, 7) is 9.25. The standard InChI is InChI=1S/C26H35N5O2/c1-4-26(2,3)25(33)30-15-11-20(12-16-30)19-7-9-22(10-8-19)28-24(32)21-13-17-31(18-21)23-6-5-14-27-29-23/h5-10,14,20-21H,4,11-13,15-18H2,1-3H3,(H,28,32). The lowest BCUT2D eigenvalue weighted by Gasteiger charge is -2.37. The van der Waals surface area contributed by atoms with E-state index in [0.29, 0.717) is 12.5 Å². The third-order valence-electron chi connectivity index (χ3n) is 7.34. The molecule has 2 aromatic rings. The molecule has 176 valence electrons. The lowest BCUT2D eigenvalue weighted by Crippen LogP contribution is -2.44. The quantitative estimate of drug-likeness (QED) is 0.719. The van der Waals surface area contributed by atoms with Gasteiger partial charge in [-0.05, 0) is 61.4 Å². The van der Waals surface area contributed by atoms with E-state index in [4.69, 9.17) is 0 Å². The molecule has 7 nitrogen and oxygen atoms in total. The summed E-state index contributed by atoms with van der Waals surface area (Å²) in [5.41, 5.74) is 1.83. The van der Waals surface area contributed by atoms with E-state index in [1.807, 2.05) is 43.0 Å². The number of nitrogens with one attached hydrogen (secondary N) is 1. The van der Waals surface area contributed by atoms with Crippen molar-refractivity contribution in [1.29, 1.82) is 0 Å². The second-order valence-electron chi connectivity index (χ2n) is 9.93. The number of likely N-dealkylation sites (tertiary alicyclic amines) is 1. The van der Waals surface area contributed by atoms with Crippen molar-refractivity contribution in [2.75, 3.05) is 36.4 Å². The lowest BCUT2D eigenvalue weighted by atomic mass is 9.85. The van der Waals surface area contributed by atoms with Gasteiger partial charge >= 0.3 is 0 Å². The highest BCUT2D eigenvalue weighted by molar-refractivity contribution is 5.93. The van der Waals surface area contributed by atoms with Crippen molar-refractivity contribution in [1.82, 2.24) is 15.1 Å². The molecular weight excluding hydrogens is 414 g/mol. The van der Waals surface area contributed by atoms with Crippen LogP contribution in [0, 0.1) is 11.3 Å². The van der Waals surface area contributed by atoms with Crippen LogP contribution in [0.25, 0.3) is 0 Å². The van der Waals surface area contributed by atoms with Gasteiger partial charge in [0.2, 0.25) is 11.8 Å². The number of rotatable bonds is 6. The average molecular weight is 450 g/mol. The van der Waals surface area contributed by atoms with Crippen LogP contribution in [-0.2, 0) is 9.59 Å². The number of aromatic nitrogens is 2. The summed E-state index contributed by atoms with van der Waals surface area (Å²) < 4.78 is 0. The van der Waals surface area contributed by atoms with Crippen molar-refractivity contribution < 1.29 is 9.59 Å². The number of carbonyl (C=O) groups excluding carboxylic acids is 2. The van der Waals surface area contributed by atoms with Gasteiger partial charge in [-0.25, -0.2) is 0 Å². The van der Waals surface area contributed by atoms with Crippen LogP contribution in [0.3, 0.4) is 0 Å². The van der Waals surface area contributed by atoms with E-state index in [-0.39, 0.29) is 23.1 Å². The minimum Gasteiger partial charge on any atom is -0.354 e. The second kappa shape index (κ2) is 9.89. The van der Waals surface area contributed by atoms with E-state index >= 15 is 0 Å². The summed E-state index contributed by atoms with van der Waals surface area (Å²) in [5.74, 6) is 1.55. The molecule has 1 unspecified atom stereocenters. The molecule has 0 saturated carbocycles. The van der Waals surface area contributed by atoms with E-state index in [1.54, 1.807) is 6.20 Å². The molecule has 0 aliphatic carbocycles. The Balaban J connectivity index is 1.28. The van der Waals surface area contributed by atoms with Gasteiger partial charge < -0.3 is 15.1 Å². The number of benzene rings is 1. The van der Waals surface area contributed by atoms with Gasteiger partial charge in [-0.3, -0.25) is 9.59 Å². The van der Waals surface area contributed by atoms with E-state index < -0.39 is 0 Å². The minimum absolute atomic E-state index is 0.0547. The molecule has 0 bridgehead atoms. The molecule has 7 heteroatoms. The van der Waals surface area contributed by atoms with E-state index in [0.717, 1.165) is 56.8 Å². The Bertz CT molecular complexity index is 952. The molecule has 33 heavy (non-hydrogen) atoms. The first-order valence-corrected chi connectivity index (χ1v) is 12.1. The van der Waals surface area contributed by atoms with Crippen LogP contribution in [0.15, 0.2) is 42.6 Å². The maximum atomic E-state index is 12.8. The number of nitrogens with zero attached hydrogens (tertiary/aromatic N) is 4. The van der Waals surface area contributed by atoms with Gasteiger partial charge in [-0.1, -0.05) is 32.9 Å². The summed E-state index contributed by atoms with van der Waals surface area (Å²) in [4.78, 5) is 29.6. The molecule has 0 spiro atoms. The Morgan fingerprint density at radius 3 is 2.42 bits per heavy atom. The number of carbonyl (C=O) groups is 2. The smallest absolute Gasteiger partial charge is 0.229 e. The molecule has 1 N–H and O–H groups in total. The van der Waals surface area contributed by atoms with Crippen LogP contribution in [0.5, 0.6) is 0 Å². The summed E-state index contributed by atoms with van der Waals surface area (Å²) in [7, 11) is 0. The molecule has 2 aliphatic rings. The van der Waals surface area contributed by atoms with Crippen LogP contribution in [0.2, 0.25) is 0 Å². The fourth-order valence-corrected chi connectivity index (χ4v) is 4.72. The predicted octanol–water partition coefficient (Wildman–Crippen LogP) is 4.08. The van der Waals surface area contributed by atoms with E-state index in [9.17, 15) is 9.59 Å². The van der Waals surface area contributed by atoms with Gasteiger partial charge in [-0.15, -0.1) is 5.10 Å². The highest BCUT2D eigenvalue weighted by atomic mass is 16.2. The van der Waals surface area contributed by atoms with Crippen molar-refractivity contribution in [3.05, 3.63) is 48.2 Å². The number of hydrogen-bond donors (Lipinski definition) is 1. The molecule has 3 heterocycles. The van der Waals surface area contributed by atoms with Crippen molar-refractivity contribution in [3.8, 4) is 0 Å². The van der Waals surface area contributed by atoms with Gasteiger partial charge in [0.05, 0.1) is 5.92 Å². The van der Waals surface area contributed by atoms with Crippen LogP contribution in [-0.4, -0.2) is 53.1 Å². The topological polar surface area (TPSA) is 78.4 Å². The number of piperidine rings is 1. The Hall–Kier alpha value is -2.96. The summed E-state index contributed by atoms with van der Waals surface area (Å²) in [5, 5.41) is 11.2. The van der Waals surface area contributed by atoms with Crippen LogP contribution in [0.1, 0.15) is 57.9 Å². The summed E-state index contributed by atoms with van der Waals surface area (Å²) in [6.07, 6.45) is 5.29. The van der Waals surface area contributed by atoms with E-state index in [1.165, 1.54) is 5.56 Å². The SMILES string of the molecule is CCC(C)(C)C(=O)N1CCC(c2ccc(NC(=O)C3CCN(c4cccnn4)C3)cc2)CC1. The van der Waals surface area contributed by atoms with Crippen LogP contribution in [0.4, 0.5) is 11.5 Å². The fourth-order valence-electron chi connectivity index (χ4n) is 4.72. The monoisotopic (exact) mass is 449 g/mol. The first kappa shape index (κ1) is 23.2. The maximum absolute atomic E-state index is 12.8. The zero-order valence-corrected chi connectivity index (χ0v) is 20.0. The molecule has 1 atom stereocenters. The summed E-state index contributed by atoms with van der Waals surface area (Å²) >= 11 is 0. The van der Waals surface area contributed by atoms with Crippen molar-refractivity contribution in [3.63, 3.8) is 0 Å². The Morgan fingerprint density at radius 2 is 1.79 bits per heavy atom. The molecule has 1 aromatic heterocycles. The molecule has 2 amide bonds. The van der Waals surface area contributed by atoms with Gasteiger partial charge in [0.15, 0.2) is 5.82 Å². The van der Waals surface area contributed by atoms with Gasteiger partial charge in [0, 0.05) is 43.5 Å². The second-order valence-corrected chi connectivity index (χ2v) is 9.93. The van der Waals surface area contributed by atoms with Crippen LogP contribution < -0.4 is 10.2 Å². The highest BCUT2D eigenvalue weighted by Crippen LogP contribution is 2.32. The minimum atomic E-state index is -0.280. The highest BCUT2D eigenvalue weighted by Gasteiger charge is 2.33. The van der Waals surface area contributed by atoms with Crippen molar-refractivity contribution >= 4 is 23.3 Å². The van der Waals surface area contributed by atoms with Crippen LogP contribution >= 0.6 is 0 Å². The lowest BCUT2D eigenvalue weighted by molar-refractivity contribution is -0.141.